The summed E-state index contributed by atoms with van der Waals surface area (Å²) in [4.78, 5) is 0. The van der Waals surface area contributed by atoms with Gasteiger partial charge in [-0.25, -0.2) is 0 Å². The van der Waals surface area contributed by atoms with Crippen molar-refractivity contribution in [3.8, 4) is 0 Å². The summed E-state index contributed by atoms with van der Waals surface area (Å²) in [5.41, 5.74) is 0.850. The van der Waals surface area contributed by atoms with E-state index in [0.29, 0.717) is 0 Å². The van der Waals surface area contributed by atoms with Gasteiger partial charge in [0.15, 0.2) is 0 Å². The molecule has 1 aromatic carbocycles. The molecule has 0 aliphatic carbocycles. The maximum absolute atomic E-state index is 9.17. The molecule has 0 spiro atoms. The Balaban J connectivity index is 2.31. The minimum atomic E-state index is -0.265. The Hall–Kier alpha value is -0.570. The summed E-state index contributed by atoms with van der Waals surface area (Å²) in [5.74, 6) is 0.248. The van der Waals surface area contributed by atoms with Crippen molar-refractivity contribution in [2.24, 2.45) is 0 Å². The fourth-order valence-electron chi connectivity index (χ4n) is 2.48. The van der Waals surface area contributed by atoms with Crippen LogP contribution in [0.2, 0.25) is 5.02 Å². The van der Waals surface area contributed by atoms with Gasteiger partial charge in [0.05, 0.1) is 18.3 Å². The molecule has 0 bridgehead atoms. The number of ether oxygens (including phenoxy) is 1. The maximum atomic E-state index is 9.17. The number of rotatable bonds is 2. The zero-order valence-electron chi connectivity index (χ0n) is 9.61. The van der Waals surface area contributed by atoms with Crippen LogP contribution < -0.4 is 0 Å². The molecule has 3 heteroatoms. The molecule has 1 aliphatic heterocycles. The minimum Gasteiger partial charge on any atom is -0.394 e. The van der Waals surface area contributed by atoms with Gasteiger partial charge in [0.2, 0.25) is 0 Å². The number of aliphatic hydroxyl groups excluding tert-OH is 1. The van der Waals surface area contributed by atoms with Crippen molar-refractivity contribution in [1.82, 2.24) is 0 Å². The second kappa shape index (κ2) is 4.36. The normalized spacial score (nSPS) is 28.2. The molecule has 1 unspecified atom stereocenters. The number of benzene rings is 1. The standard InChI is InChI=1S/C13H17ClO2/c1-13(2)11(7-9(8-15)16-13)10-5-3-4-6-12(10)14/h3-6,9,11,15H,7-8H2,1-2H3/t9-,11?/m0/s1. The second-order valence-electron chi connectivity index (χ2n) is 4.84. The van der Waals surface area contributed by atoms with Gasteiger partial charge < -0.3 is 9.84 Å². The second-order valence-corrected chi connectivity index (χ2v) is 5.24. The summed E-state index contributed by atoms with van der Waals surface area (Å²) in [7, 11) is 0. The van der Waals surface area contributed by atoms with Crippen LogP contribution in [-0.4, -0.2) is 23.4 Å². The van der Waals surface area contributed by atoms with Crippen LogP contribution in [0.3, 0.4) is 0 Å². The Morgan fingerprint density at radius 1 is 1.44 bits per heavy atom. The molecule has 0 saturated carbocycles. The highest BCUT2D eigenvalue weighted by Crippen LogP contribution is 2.44. The highest BCUT2D eigenvalue weighted by Gasteiger charge is 2.42. The number of halogens is 1. The fraction of sp³-hybridized carbons (Fsp3) is 0.538. The fourth-order valence-corrected chi connectivity index (χ4v) is 2.74. The summed E-state index contributed by atoms with van der Waals surface area (Å²) in [6.07, 6.45) is 0.754. The molecule has 2 atom stereocenters. The van der Waals surface area contributed by atoms with E-state index in [-0.39, 0.29) is 24.2 Å². The van der Waals surface area contributed by atoms with Crippen LogP contribution in [0, 0.1) is 0 Å². The van der Waals surface area contributed by atoms with E-state index in [4.69, 9.17) is 16.3 Å². The number of hydrogen-bond acceptors (Lipinski definition) is 2. The summed E-state index contributed by atoms with van der Waals surface area (Å²) >= 11 is 6.20. The largest absolute Gasteiger partial charge is 0.394 e. The van der Waals surface area contributed by atoms with Gasteiger partial charge in [-0.3, -0.25) is 0 Å². The van der Waals surface area contributed by atoms with Crippen LogP contribution in [0.25, 0.3) is 0 Å². The van der Waals surface area contributed by atoms with E-state index >= 15 is 0 Å². The molecule has 1 saturated heterocycles. The highest BCUT2D eigenvalue weighted by atomic mass is 35.5. The molecule has 1 N–H and O–H groups in total. The summed E-state index contributed by atoms with van der Waals surface area (Å²) in [5, 5.41) is 9.95. The Labute approximate surface area is 101 Å². The maximum Gasteiger partial charge on any atom is 0.0820 e. The quantitative estimate of drug-likeness (QED) is 0.861. The zero-order valence-corrected chi connectivity index (χ0v) is 10.4. The minimum absolute atomic E-state index is 0.0729. The molecule has 0 radical (unpaired) electrons. The van der Waals surface area contributed by atoms with Gasteiger partial charge in [0.1, 0.15) is 0 Å². The topological polar surface area (TPSA) is 29.5 Å². The zero-order chi connectivity index (χ0) is 11.8. The molecular weight excluding hydrogens is 224 g/mol. The Morgan fingerprint density at radius 2 is 2.12 bits per heavy atom. The summed E-state index contributed by atoms with van der Waals surface area (Å²) in [6.45, 7) is 4.18. The predicted molar refractivity (Wildman–Crippen MR) is 64.8 cm³/mol. The Kier molecular flexibility index (Phi) is 3.24. The van der Waals surface area contributed by atoms with Gasteiger partial charge in [-0.2, -0.15) is 0 Å². The number of aliphatic hydroxyl groups is 1. The van der Waals surface area contributed by atoms with Crippen molar-refractivity contribution in [2.75, 3.05) is 6.61 Å². The van der Waals surface area contributed by atoms with Crippen molar-refractivity contribution in [3.63, 3.8) is 0 Å². The molecule has 1 heterocycles. The third-order valence-electron chi connectivity index (χ3n) is 3.29. The first-order chi connectivity index (χ1) is 7.54. The highest BCUT2D eigenvalue weighted by molar-refractivity contribution is 6.31. The van der Waals surface area contributed by atoms with E-state index < -0.39 is 0 Å². The van der Waals surface area contributed by atoms with Crippen molar-refractivity contribution in [1.29, 1.82) is 0 Å². The van der Waals surface area contributed by atoms with Crippen LogP contribution in [-0.2, 0) is 4.74 Å². The monoisotopic (exact) mass is 240 g/mol. The van der Waals surface area contributed by atoms with E-state index in [0.717, 1.165) is 17.0 Å². The molecule has 2 nitrogen and oxygen atoms in total. The molecule has 2 rings (SSSR count). The van der Waals surface area contributed by atoms with Gasteiger partial charge in [-0.05, 0) is 31.9 Å². The smallest absolute Gasteiger partial charge is 0.0820 e. The van der Waals surface area contributed by atoms with Crippen molar-refractivity contribution >= 4 is 11.6 Å². The van der Waals surface area contributed by atoms with Gasteiger partial charge in [0.25, 0.3) is 0 Å². The molecule has 88 valence electrons. The Morgan fingerprint density at radius 3 is 2.69 bits per heavy atom. The van der Waals surface area contributed by atoms with Crippen LogP contribution in [0.1, 0.15) is 31.7 Å². The van der Waals surface area contributed by atoms with Crippen molar-refractivity contribution < 1.29 is 9.84 Å². The lowest BCUT2D eigenvalue weighted by molar-refractivity contribution is -0.0415. The number of hydrogen-bond donors (Lipinski definition) is 1. The van der Waals surface area contributed by atoms with Gasteiger partial charge in [-0.1, -0.05) is 29.8 Å². The third kappa shape index (κ3) is 2.10. The molecule has 1 aromatic rings. The molecule has 0 aromatic heterocycles. The first kappa shape index (κ1) is 11.9. The van der Waals surface area contributed by atoms with Gasteiger partial charge in [0, 0.05) is 10.9 Å². The van der Waals surface area contributed by atoms with E-state index in [1.165, 1.54) is 0 Å². The lowest BCUT2D eigenvalue weighted by Crippen LogP contribution is -2.27. The molecule has 0 amide bonds. The van der Waals surface area contributed by atoms with Gasteiger partial charge >= 0.3 is 0 Å². The first-order valence-corrected chi connectivity index (χ1v) is 5.95. The molecule has 16 heavy (non-hydrogen) atoms. The first-order valence-electron chi connectivity index (χ1n) is 5.57. The van der Waals surface area contributed by atoms with E-state index in [1.54, 1.807) is 0 Å². The molecule has 1 fully saturated rings. The van der Waals surface area contributed by atoms with Crippen LogP contribution in [0.5, 0.6) is 0 Å². The lowest BCUT2D eigenvalue weighted by atomic mass is 9.84. The molecular formula is C13H17ClO2. The average Bonchev–Trinajstić information content (AvgIpc) is 2.54. The van der Waals surface area contributed by atoms with Crippen molar-refractivity contribution in [2.45, 2.75) is 37.9 Å². The van der Waals surface area contributed by atoms with Crippen LogP contribution in [0.15, 0.2) is 24.3 Å². The van der Waals surface area contributed by atoms with Crippen LogP contribution in [0.4, 0.5) is 0 Å². The van der Waals surface area contributed by atoms with Crippen LogP contribution >= 0.6 is 11.6 Å². The summed E-state index contributed by atoms with van der Waals surface area (Å²) in [6, 6.07) is 7.86. The van der Waals surface area contributed by atoms with E-state index in [9.17, 15) is 5.11 Å². The predicted octanol–water partition coefficient (Wildman–Crippen LogP) is 2.98. The average molecular weight is 241 g/mol. The third-order valence-corrected chi connectivity index (χ3v) is 3.64. The van der Waals surface area contributed by atoms with Gasteiger partial charge in [-0.15, -0.1) is 0 Å². The SMILES string of the molecule is CC1(C)O[C@H](CO)CC1c1ccccc1Cl. The van der Waals surface area contributed by atoms with E-state index in [1.807, 2.05) is 24.3 Å². The molecule has 1 aliphatic rings. The van der Waals surface area contributed by atoms with E-state index in [2.05, 4.69) is 13.8 Å². The Bertz CT molecular complexity index is 376. The summed E-state index contributed by atoms with van der Waals surface area (Å²) < 4.78 is 5.81. The lowest BCUT2D eigenvalue weighted by Gasteiger charge is -2.27. The van der Waals surface area contributed by atoms with Crippen molar-refractivity contribution in [3.05, 3.63) is 34.9 Å².